The molecule has 0 unspecified atom stereocenters. The molecule has 1 saturated carbocycles. The fourth-order valence-electron chi connectivity index (χ4n) is 17.2. The van der Waals surface area contributed by atoms with Gasteiger partial charge in [-0.2, -0.15) is 0 Å². The summed E-state index contributed by atoms with van der Waals surface area (Å²) in [5.74, 6) is 8.03. The monoisotopic (exact) mass is 1560 g/mol. The molecule has 650 valence electrons. The lowest BCUT2D eigenvalue weighted by Gasteiger charge is -2.46. The summed E-state index contributed by atoms with van der Waals surface area (Å²) in [5, 5.41) is 83.4. The molecule has 20 atom stereocenters. The molecule has 0 spiro atoms. The minimum Gasteiger partial charge on any atom is -0.394 e. The average molecular weight is 1560 g/mol. The zero-order chi connectivity index (χ0) is 79.5. The van der Waals surface area contributed by atoms with Gasteiger partial charge in [-0.05, 0) is 91.3 Å². The van der Waals surface area contributed by atoms with Crippen molar-refractivity contribution in [3.63, 3.8) is 0 Å². The summed E-state index contributed by atoms with van der Waals surface area (Å²) in [7, 11) is 0. The standard InChI is InChI=1S/C93H182O16/c1-72(2)43-37-45-74(5)47-39-49-76(7)51-41-53-78(9)59-63-104-82(66-94)69-102-61-35-31-27-23-19-15-11-13-17-21-25-29-33-55-80-57-58-81(65-80)56-34-30-26-22-18-14-12-16-20-24-28-32-36-62-103-70-83(105-64-60-79(10)54-42-52-77(8)50-40-48-75(6)46-38-44-73(3)4)71-106-92-90(101)88(99)91(85(68-96)108-92)109-93-89(100)87(98)86(97)84(67-95)107-93/h72-101H,11-71H2,1-10H3/t74-,75-,76-,77-,78+,79+,80-,81+,82-,83+,84-,85-,86+,87+,88-,89-,90-,91-,92-,93+/m1/s1. The fraction of sp³-hybridized carbons (Fsp3) is 1.00. The maximum atomic E-state index is 11.2. The third-order valence-electron chi connectivity index (χ3n) is 25.1. The van der Waals surface area contributed by atoms with Crippen molar-refractivity contribution in [3.05, 3.63) is 0 Å². The molecular formula is C93H182O16. The minimum absolute atomic E-state index is 0.00208. The Morgan fingerprint density at radius 2 is 0.624 bits per heavy atom. The maximum absolute atomic E-state index is 11.2. The van der Waals surface area contributed by atoms with Crippen LogP contribution in [0.25, 0.3) is 0 Å². The van der Waals surface area contributed by atoms with Crippen molar-refractivity contribution in [1.82, 2.24) is 0 Å². The van der Waals surface area contributed by atoms with Crippen LogP contribution in [-0.4, -0.2) is 181 Å². The smallest absolute Gasteiger partial charge is 0.187 e. The van der Waals surface area contributed by atoms with Gasteiger partial charge in [0.05, 0.1) is 39.6 Å². The molecule has 3 aliphatic rings. The molecule has 0 radical (unpaired) electrons. The van der Waals surface area contributed by atoms with Gasteiger partial charge in [-0.25, -0.2) is 0 Å². The van der Waals surface area contributed by atoms with Crippen LogP contribution in [0, 0.1) is 59.2 Å². The fourth-order valence-corrected chi connectivity index (χ4v) is 17.2. The summed E-state index contributed by atoms with van der Waals surface area (Å²) in [5.41, 5.74) is 0. The van der Waals surface area contributed by atoms with Crippen molar-refractivity contribution in [2.45, 2.75) is 470 Å². The van der Waals surface area contributed by atoms with E-state index in [0.29, 0.717) is 31.7 Å². The molecule has 0 aromatic rings. The molecule has 8 N–H and O–H groups in total. The van der Waals surface area contributed by atoms with E-state index >= 15 is 0 Å². The first-order valence-electron chi connectivity index (χ1n) is 46.9. The Morgan fingerprint density at radius 1 is 0.303 bits per heavy atom. The van der Waals surface area contributed by atoms with Gasteiger partial charge in [0.15, 0.2) is 12.6 Å². The second kappa shape index (κ2) is 67.3. The van der Waals surface area contributed by atoms with Crippen LogP contribution in [-0.2, 0) is 37.9 Å². The second-order valence-electron chi connectivity index (χ2n) is 37.1. The van der Waals surface area contributed by atoms with E-state index in [1.807, 2.05) is 0 Å². The molecule has 3 fully saturated rings. The number of rotatable bonds is 76. The predicted octanol–water partition coefficient (Wildman–Crippen LogP) is 20.7. The molecular weight excluding hydrogens is 1370 g/mol. The summed E-state index contributed by atoms with van der Waals surface area (Å²) in [4.78, 5) is 0. The minimum atomic E-state index is -1.75. The Kier molecular flexibility index (Phi) is 63.3. The van der Waals surface area contributed by atoms with Crippen LogP contribution < -0.4 is 0 Å². The highest BCUT2D eigenvalue weighted by atomic mass is 16.7. The molecule has 0 amide bonds. The van der Waals surface area contributed by atoms with E-state index in [4.69, 9.17) is 37.9 Å². The lowest BCUT2D eigenvalue weighted by molar-refractivity contribution is -0.360. The first-order valence-corrected chi connectivity index (χ1v) is 46.9. The number of hydrogen-bond acceptors (Lipinski definition) is 16. The van der Waals surface area contributed by atoms with Crippen LogP contribution in [0.3, 0.4) is 0 Å². The normalized spacial score (nSPS) is 25.0. The number of aliphatic hydroxyl groups excluding tert-OH is 8. The Balaban J connectivity index is 1.13. The van der Waals surface area contributed by atoms with E-state index in [2.05, 4.69) is 69.2 Å². The van der Waals surface area contributed by atoms with Crippen molar-refractivity contribution in [2.24, 2.45) is 59.2 Å². The molecule has 0 aromatic heterocycles. The Morgan fingerprint density at radius 3 is 0.991 bits per heavy atom. The topological polar surface area (TPSA) is 236 Å². The van der Waals surface area contributed by atoms with Gasteiger partial charge >= 0.3 is 0 Å². The van der Waals surface area contributed by atoms with Crippen molar-refractivity contribution in [2.75, 3.05) is 66.1 Å². The Bertz CT molecular complexity index is 1970. The molecule has 2 saturated heterocycles. The molecule has 109 heavy (non-hydrogen) atoms. The number of ether oxygens (including phenoxy) is 8. The molecule has 0 aromatic carbocycles. The highest BCUT2D eigenvalue weighted by Crippen LogP contribution is 2.38. The summed E-state index contributed by atoms with van der Waals surface area (Å²) in [6.45, 7) is 25.8. The highest BCUT2D eigenvalue weighted by Gasteiger charge is 2.51. The maximum Gasteiger partial charge on any atom is 0.187 e. The van der Waals surface area contributed by atoms with Gasteiger partial charge < -0.3 is 78.7 Å². The number of unbranched alkanes of at least 4 members (excludes halogenated alkanes) is 24. The Hall–Kier alpha value is -0.640. The number of hydrogen-bond donors (Lipinski definition) is 8. The van der Waals surface area contributed by atoms with Crippen molar-refractivity contribution < 1.29 is 78.7 Å². The van der Waals surface area contributed by atoms with Gasteiger partial charge in [0, 0.05) is 26.4 Å². The Labute approximate surface area is 671 Å². The number of aliphatic hydroxyl groups is 8. The van der Waals surface area contributed by atoms with Crippen LogP contribution >= 0.6 is 0 Å². The lowest BCUT2D eigenvalue weighted by Crippen LogP contribution is -2.64. The van der Waals surface area contributed by atoms with Crippen molar-refractivity contribution in [1.29, 1.82) is 0 Å². The molecule has 16 nitrogen and oxygen atoms in total. The van der Waals surface area contributed by atoms with Crippen LogP contribution in [0.1, 0.15) is 397 Å². The van der Waals surface area contributed by atoms with E-state index in [0.717, 1.165) is 99.1 Å². The highest BCUT2D eigenvalue weighted by molar-refractivity contribution is 4.94. The summed E-state index contributed by atoms with van der Waals surface area (Å²) in [6.07, 6.45) is 51.9. The molecule has 3 rings (SSSR count). The van der Waals surface area contributed by atoms with Gasteiger partial charge in [0.2, 0.25) is 0 Å². The second-order valence-corrected chi connectivity index (χ2v) is 37.1. The van der Waals surface area contributed by atoms with E-state index < -0.39 is 80.7 Å². The lowest BCUT2D eigenvalue weighted by atomic mass is 9.91. The first-order chi connectivity index (χ1) is 52.7. The third-order valence-corrected chi connectivity index (χ3v) is 25.1. The molecule has 2 aliphatic heterocycles. The SMILES string of the molecule is CC(C)CCC[C@@H](C)CCC[C@@H](C)CCC[C@H](C)CCO[C@H](CO)COCCCCCCCCCCCCCCC[C@@H]1CC[C@H](CCCCCCCCCCCCCCCOC[C@@H](CO[C@@H]2O[C@H](CO)[C@@H](O[C@@H]3O[C@H](CO)[C@H](O)[C@H](O)[C@H]3O)[C@H](O)[C@H]2O)OCC[C@@H](C)CCC[C@H](C)CCC[C@H](C)CCCC(C)C)C1. The van der Waals surface area contributed by atoms with Gasteiger partial charge in [-0.1, -0.05) is 365 Å². The zero-order valence-electron chi connectivity index (χ0n) is 72.7. The van der Waals surface area contributed by atoms with Crippen molar-refractivity contribution >= 4 is 0 Å². The van der Waals surface area contributed by atoms with Gasteiger partial charge in [0.1, 0.15) is 61.0 Å². The molecule has 2 heterocycles. The van der Waals surface area contributed by atoms with Crippen molar-refractivity contribution in [3.8, 4) is 0 Å². The van der Waals surface area contributed by atoms with E-state index in [-0.39, 0.29) is 25.9 Å². The van der Waals surface area contributed by atoms with Crippen LogP contribution in [0.5, 0.6) is 0 Å². The summed E-state index contributed by atoms with van der Waals surface area (Å²) >= 11 is 0. The first kappa shape index (κ1) is 103. The molecule has 16 heteroatoms. The van der Waals surface area contributed by atoms with E-state index in [1.165, 1.54) is 289 Å². The van der Waals surface area contributed by atoms with Crippen LogP contribution in [0.2, 0.25) is 0 Å². The van der Waals surface area contributed by atoms with Crippen LogP contribution in [0.15, 0.2) is 0 Å². The average Bonchev–Trinajstić information content (AvgIpc) is 0.952. The summed E-state index contributed by atoms with van der Waals surface area (Å²) in [6, 6.07) is 0. The summed E-state index contributed by atoms with van der Waals surface area (Å²) < 4.78 is 47.8. The third kappa shape index (κ3) is 52.0. The van der Waals surface area contributed by atoms with Gasteiger partial charge in [-0.15, -0.1) is 0 Å². The van der Waals surface area contributed by atoms with E-state index in [1.54, 1.807) is 0 Å². The van der Waals surface area contributed by atoms with Crippen LogP contribution in [0.4, 0.5) is 0 Å². The largest absolute Gasteiger partial charge is 0.394 e. The van der Waals surface area contributed by atoms with E-state index in [9.17, 15) is 40.9 Å². The van der Waals surface area contributed by atoms with Gasteiger partial charge in [0.25, 0.3) is 0 Å². The molecule has 1 aliphatic carbocycles. The zero-order valence-corrected chi connectivity index (χ0v) is 72.7. The predicted molar refractivity (Wildman–Crippen MR) is 448 cm³/mol. The quantitative estimate of drug-likeness (QED) is 0.0264. The molecule has 0 bridgehead atoms. The van der Waals surface area contributed by atoms with Gasteiger partial charge in [-0.3, -0.25) is 0 Å².